The monoisotopic (exact) mass is 409 g/mol. The van der Waals surface area contributed by atoms with Crippen LogP contribution in [0.5, 0.6) is 0 Å². The highest BCUT2D eigenvalue weighted by atomic mass is 19.1. The third kappa shape index (κ3) is 3.95. The maximum Gasteiger partial charge on any atom is 0.255 e. The molecule has 0 saturated carbocycles. The van der Waals surface area contributed by atoms with E-state index in [1.54, 1.807) is 24.3 Å². The van der Waals surface area contributed by atoms with E-state index in [1.165, 1.54) is 12.1 Å². The molecule has 0 aromatic heterocycles. The van der Waals surface area contributed by atoms with Crippen molar-refractivity contribution in [3.63, 3.8) is 0 Å². The minimum atomic E-state index is -0.423. The van der Waals surface area contributed by atoms with Gasteiger partial charge >= 0.3 is 0 Å². The first kappa shape index (κ1) is 20.5. The maximum absolute atomic E-state index is 14.2. The Morgan fingerprint density at radius 1 is 1.03 bits per heavy atom. The molecule has 2 aliphatic heterocycles. The number of carbonyl (C=O) groups excluding carboxylic acids is 1. The Balaban J connectivity index is 1.50. The topological polar surface area (TPSA) is 47.3 Å². The smallest absolute Gasteiger partial charge is 0.255 e. The first-order valence-electron chi connectivity index (χ1n) is 10.5. The summed E-state index contributed by atoms with van der Waals surface area (Å²) < 4.78 is 27.8. The molecule has 2 saturated heterocycles. The van der Waals surface area contributed by atoms with Gasteiger partial charge in [-0.3, -0.25) is 9.69 Å². The summed E-state index contributed by atoms with van der Waals surface area (Å²) in [6.45, 7) is 2.47. The highest BCUT2D eigenvalue weighted by Gasteiger charge is 2.42. The first-order chi connectivity index (χ1) is 14.5. The number of likely N-dealkylation sites (tertiary alicyclic amines) is 2. The second-order valence-corrected chi connectivity index (χ2v) is 8.29. The molecule has 1 atom stereocenters. The van der Waals surface area contributed by atoms with Crippen LogP contribution in [0.25, 0.3) is 0 Å². The third-order valence-corrected chi connectivity index (χ3v) is 6.59. The van der Waals surface area contributed by atoms with E-state index in [-0.39, 0.29) is 17.3 Å². The van der Waals surface area contributed by atoms with Crippen molar-refractivity contribution in [2.24, 2.45) is 0 Å². The number of nitriles is 1. The fraction of sp³-hybridized carbons (Fsp3) is 0.417. The summed E-state index contributed by atoms with van der Waals surface area (Å²) in [7, 11) is 0. The number of hydrogen-bond donors (Lipinski definition) is 0. The van der Waals surface area contributed by atoms with Crippen LogP contribution in [0.4, 0.5) is 8.78 Å². The number of nitrogens with zero attached hydrogens (tertiary/aromatic N) is 3. The molecule has 156 valence electrons. The molecule has 2 heterocycles. The van der Waals surface area contributed by atoms with E-state index in [9.17, 15) is 18.8 Å². The summed E-state index contributed by atoms with van der Waals surface area (Å²) in [5.74, 6) is -0.907. The van der Waals surface area contributed by atoms with Gasteiger partial charge in [-0.1, -0.05) is 12.1 Å². The van der Waals surface area contributed by atoms with Crippen molar-refractivity contribution < 1.29 is 13.6 Å². The van der Waals surface area contributed by atoms with Crippen LogP contribution in [0.1, 0.15) is 53.6 Å². The van der Waals surface area contributed by atoms with E-state index >= 15 is 0 Å². The van der Waals surface area contributed by atoms with Crippen molar-refractivity contribution in [2.75, 3.05) is 19.6 Å². The zero-order valence-corrected chi connectivity index (χ0v) is 16.9. The van der Waals surface area contributed by atoms with Gasteiger partial charge in [0.25, 0.3) is 5.91 Å². The number of hydrogen-bond acceptors (Lipinski definition) is 3. The zero-order valence-electron chi connectivity index (χ0n) is 16.9. The molecular formula is C24H25F2N3O. The summed E-state index contributed by atoms with van der Waals surface area (Å²) in [6, 6.07) is 12.6. The minimum Gasteiger partial charge on any atom is -0.339 e. The molecule has 1 spiro atoms. The normalized spacial score (nSPS) is 22.1. The Kier molecular flexibility index (Phi) is 5.83. The number of amides is 1. The quantitative estimate of drug-likeness (QED) is 0.750. The summed E-state index contributed by atoms with van der Waals surface area (Å²) in [5, 5.41) is 9.32. The molecule has 2 aromatic rings. The second kappa shape index (κ2) is 8.53. The molecule has 30 heavy (non-hydrogen) atoms. The Labute approximate surface area is 175 Å². The van der Waals surface area contributed by atoms with Crippen LogP contribution in [0.15, 0.2) is 42.5 Å². The Morgan fingerprint density at radius 2 is 1.80 bits per heavy atom. The lowest BCUT2D eigenvalue weighted by molar-refractivity contribution is 0.0737. The summed E-state index contributed by atoms with van der Waals surface area (Å²) in [5.41, 5.74) is 1.13. The van der Waals surface area contributed by atoms with Crippen molar-refractivity contribution in [3.05, 3.63) is 70.8 Å². The van der Waals surface area contributed by atoms with E-state index in [0.717, 1.165) is 44.7 Å². The van der Waals surface area contributed by atoms with E-state index in [1.807, 2.05) is 4.90 Å². The van der Waals surface area contributed by atoms with Crippen LogP contribution in [0.3, 0.4) is 0 Å². The third-order valence-electron chi connectivity index (χ3n) is 6.59. The van der Waals surface area contributed by atoms with Gasteiger partial charge in [0.05, 0.1) is 17.2 Å². The largest absolute Gasteiger partial charge is 0.339 e. The first-order valence-corrected chi connectivity index (χ1v) is 10.5. The molecule has 0 N–H and O–H groups in total. The molecule has 2 fully saturated rings. The molecule has 0 aliphatic carbocycles. The highest BCUT2D eigenvalue weighted by molar-refractivity contribution is 5.96. The molecule has 1 unspecified atom stereocenters. The average molecular weight is 409 g/mol. The van der Waals surface area contributed by atoms with Crippen LogP contribution in [-0.4, -0.2) is 40.9 Å². The molecule has 2 aliphatic rings. The van der Waals surface area contributed by atoms with Crippen molar-refractivity contribution in [2.45, 2.75) is 44.2 Å². The molecule has 6 heteroatoms. The molecule has 4 nitrogen and oxygen atoms in total. The standard InChI is InChI=1S/C24H25F2N3O/c25-20-7-8-22(26)19(15-20)17-29-13-4-10-24(29)9-3-12-28(14-11-24)23(30)21-6-2-1-5-18(21)16-27/h1-2,5-8,15H,3-4,9-14,17H2. The predicted octanol–water partition coefficient (Wildman–Crippen LogP) is 4.50. The molecule has 1 amide bonds. The van der Waals surface area contributed by atoms with E-state index < -0.39 is 5.82 Å². The zero-order chi connectivity index (χ0) is 21.1. The molecule has 2 aromatic carbocycles. The molecule has 0 bridgehead atoms. The molecule has 4 rings (SSSR count). The molecule has 0 radical (unpaired) electrons. The summed E-state index contributed by atoms with van der Waals surface area (Å²) >= 11 is 0. The SMILES string of the molecule is N#Cc1ccccc1C(=O)N1CCCC2(CCCN2Cc2cc(F)ccc2F)CC1. The number of benzene rings is 2. The van der Waals surface area contributed by atoms with Crippen molar-refractivity contribution in [3.8, 4) is 6.07 Å². The summed E-state index contributed by atoms with van der Waals surface area (Å²) in [6.07, 6.45) is 4.59. The van der Waals surface area contributed by atoms with Gasteiger partial charge < -0.3 is 4.90 Å². The Bertz CT molecular complexity index is 987. The van der Waals surface area contributed by atoms with Crippen LogP contribution in [0.2, 0.25) is 0 Å². The summed E-state index contributed by atoms with van der Waals surface area (Å²) in [4.78, 5) is 17.2. The fourth-order valence-corrected chi connectivity index (χ4v) is 5.00. The second-order valence-electron chi connectivity index (χ2n) is 8.29. The highest BCUT2D eigenvalue weighted by Crippen LogP contribution is 2.39. The predicted molar refractivity (Wildman–Crippen MR) is 110 cm³/mol. The van der Waals surface area contributed by atoms with Gasteiger partial charge in [-0.05, 0) is 69.0 Å². The van der Waals surface area contributed by atoms with E-state index in [4.69, 9.17) is 0 Å². The van der Waals surface area contributed by atoms with Gasteiger partial charge in [-0.2, -0.15) is 5.26 Å². The van der Waals surface area contributed by atoms with Crippen molar-refractivity contribution >= 4 is 5.91 Å². The Hall–Kier alpha value is -2.78. The van der Waals surface area contributed by atoms with E-state index in [0.29, 0.717) is 36.3 Å². The molecular weight excluding hydrogens is 384 g/mol. The van der Waals surface area contributed by atoms with Gasteiger partial charge in [-0.25, -0.2) is 8.78 Å². The average Bonchev–Trinajstić information content (AvgIpc) is 3.00. The number of rotatable bonds is 3. The van der Waals surface area contributed by atoms with E-state index in [2.05, 4.69) is 11.0 Å². The lowest BCUT2D eigenvalue weighted by atomic mass is 9.87. The van der Waals surface area contributed by atoms with Crippen LogP contribution < -0.4 is 0 Å². The number of carbonyl (C=O) groups is 1. The fourth-order valence-electron chi connectivity index (χ4n) is 5.00. The lowest BCUT2D eigenvalue weighted by Gasteiger charge is -2.38. The Morgan fingerprint density at radius 3 is 2.60 bits per heavy atom. The van der Waals surface area contributed by atoms with Crippen LogP contribution in [-0.2, 0) is 6.54 Å². The van der Waals surface area contributed by atoms with Gasteiger partial charge in [0.15, 0.2) is 0 Å². The van der Waals surface area contributed by atoms with Gasteiger partial charge in [0.2, 0.25) is 0 Å². The van der Waals surface area contributed by atoms with Crippen molar-refractivity contribution in [1.82, 2.24) is 9.80 Å². The lowest BCUT2D eigenvalue weighted by Crippen LogP contribution is -2.44. The van der Waals surface area contributed by atoms with Gasteiger partial charge in [0, 0.05) is 30.7 Å². The number of halogens is 2. The van der Waals surface area contributed by atoms with Gasteiger partial charge in [-0.15, -0.1) is 0 Å². The minimum absolute atomic E-state index is 0.0947. The van der Waals surface area contributed by atoms with Crippen molar-refractivity contribution in [1.29, 1.82) is 5.26 Å². The van der Waals surface area contributed by atoms with Crippen LogP contribution >= 0.6 is 0 Å². The van der Waals surface area contributed by atoms with Crippen LogP contribution in [0, 0.1) is 23.0 Å². The van der Waals surface area contributed by atoms with Gasteiger partial charge in [0.1, 0.15) is 11.6 Å². The maximum atomic E-state index is 14.2.